The van der Waals surface area contributed by atoms with Crippen molar-refractivity contribution < 1.29 is 26.4 Å². The number of carbonyl (C=O) groups is 2. The Balaban J connectivity index is 0.000000855. The van der Waals surface area contributed by atoms with E-state index in [-0.39, 0.29) is 33.7 Å². The molecule has 0 atom stereocenters. The number of Topliss-reactive ketones (excluding diaryl/α,β-unsaturated/α-hetero) is 1. The van der Waals surface area contributed by atoms with Gasteiger partial charge in [-0.25, -0.2) is 27.0 Å². The molecule has 0 fully saturated rings. The fourth-order valence-corrected chi connectivity index (χ4v) is 10.8. The highest BCUT2D eigenvalue weighted by atomic mass is 35.7. The van der Waals surface area contributed by atoms with Crippen LogP contribution in [-0.2, 0) is 28.7 Å². The number of thioether (sulfide) groups is 3. The molecule has 0 unspecified atom stereocenters. The lowest BCUT2D eigenvalue weighted by atomic mass is 10.4. The van der Waals surface area contributed by atoms with Crippen LogP contribution < -0.4 is 5.14 Å². The van der Waals surface area contributed by atoms with Crippen LogP contribution in [-0.4, -0.2) is 95.8 Å². The fourth-order valence-electron chi connectivity index (χ4n) is 5.78. The summed E-state index contributed by atoms with van der Waals surface area (Å²) in [6.07, 6.45) is 9.54. The van der Waals surface area contributed by atoms with Gasteiger partial charge in [-0.05, 0) is 189 Å². The van der Waals surface area contributed by atoms with Crippen LogP contribution in [0.4, 0.5) is 0 Å². The third kappa shape index (κ3) is 24.2. The average molecular weight is 1130 g/mol. The number of aromatic nitrogens is 10. The van der Waals surface area contributed by atoms with E-state index in [0.717, 1.165) is 30.7 Å². The molecule has 0 aliphatic heterocycles. The number of rotatable bonds is 14. The molecule has 0 radical (unpaired) electrons. The van der Waals surface area contributed by atoms with E-state index in [0.29, 0.717) is 18.1 Å². The lowest BCUT2D eigenvalue weighted by Crippen LogP contribution is -2.14. The second-order valence-corrected chi connectivity index (χ2v) is 26.0. The van der Waals surface area contributed by atoms with E-state index in [4.69, 9.17) is 15.8 Å². The van der Waals surface area contributed by atoms with Crippen molar-refractivity contribution in [1.82, 2.24) is 48.7 Å². The lowest BCUT2D eigenvalue weighted by Gasteiger charge is -2.08. The summed E-state index contributed by atoms with van der Waals surface area (Å²) in [5.41, 5.74) is 5.24. The third-order valence-electron chi connectivity index (χ3n) is 8.79. The zero-order valence-corrected chi connectivity index (χ0v) is 51.1. The minimum atomic E-state index is -3.70. The first-order valence-electron chi connectivity index (χ1n) is 22.0. The van der Waals surface area contributed by atoms with Gasteiger partial charge >= 0.3 is 0 Å². The van der Waals surface area contributed by atoms with Gasteiger partial charge in [0.25, 0.3) is 19.1 Å². The number of halogens is 1. The quantitative estimate of drug-likeness (QED) is 0.0473. The minimum Gasteiger partial charge on any atom is -0.331 e. The first-order valence-corrected chi connectivity index (χ1v) is 31.7. The predicted molar refractivity (Wildman–Crippen MR) is 297 cm³/mol. The Labute approximate surface area is 443 Å². The number of nitrogens with zero attached hydrogens (tertiary/aromatic N) is 10. The number of nitrogens with two attached hydrogens (primary N) is 1. The summed E-state index contributed by atoms with van der Waals surface area (Å²) < 4.78 is 54.3. The van der Waals surface area contributed by atoms with Crippen molar-refractivity contribution in [2.24, 2.45) is 5.14 Å². The van der Waals surface area contributed by atoms with Crippen molar-refractivity contribution >= 4 is 98.2 Å². The Bertz CT molecular complexity index is 2570. The van der Waals surface area contributed by atoms with Gasteiger partial charge in [0.1, 0.15) is 20.9 Å². The van der Waals surface area contributed by atoms with Crippen LogP contribution in [0.15, 0.2) is 66.0 Å². The summed E-state index contributed by atoms with van der Waals surface area (Å²) >= 11 is 4.89. The zero-order valence-electron chi connectivity index (χ0n) is 44.6. The molecule has 0 aliphatic rings. The fraction of sp³-hybridized carbons (Fsp3) is 0.578. The second kappa shape index (κ2) is 31.6. The standard InChI is InChI=1S/C14H22N4S2.C8H14N2S.C7H11ClN2O2S.C7H13N3O2S.C6H10OS2.C3H6O/c1-9(2)17-8-15-14(12(17)6)20-19-13-7-11(5)18(16-13)10(3)4;1-6(2)10-7(3)5-8(9-10)11-4;2*1-5(2)10-6(3)4-7(9-10)13(8,11)12;1-5(7)4-6(8-2)9-3;1-3(2)4/h7-10H,1-6H3;5-6H,1-4H3;4-5H,1-3H3;4-5H,1-3H3,(H2,8,11,12);4H,1-3H3;1-2H3. The highest BCUT2D eigenvalue weighted by molar-refractivity contribution is 8.76. The molecule has 5 aromatic heterocycles. The van der Waals surface area contributed by atoms with E-state index in [1.807, 2.05) is 57.5 Å². The average Bonchev–Trinajstić information content (AvgIpc) is 4.07. The maximum absolute atomic E-state index is 10.9. The molecule has 0 saturated heterocycles. The molecular formula is C45H76ClN11O6S7. The van der Waals surface area contributed by atoms with Crippen LogP contribution in [0.5, 0.6) is 0 Å². The molecule has 2 N–H and O–H groups in total. The predicted octanol–water partition coefficient (Wildman–Crippen LogP) is 12.0. The smallest absolute Gasteiger partial charge is 0.280 e. The summed E-state index contributed by atoms with van der Waals surface area (Å²) in [5, 5.41) is 24.8. The normalized spacial score (nSPS) is 11.2. The van der Waals surface area contributed by atoms with Crippen molar-refractivity contribution in [2.75, 3.05) is 18.8 Å². The molecule has 0 bridgehead atoms. The molecule has 0 aliphatic carbocycles. The molecule has 5 rings (SSSR count). The molecule has 25 heteroatoms. The number of hydrogen-bond acceptors (Lipinski definition) is 16. The Kier molecular flexibility index (Phi) is 30.2. The Morgan fingerprint density at radius 3 is 1.23 bits per heavy atom. The summed E-state index contributed by atoms with van der Waals surface area (Å²) in [6.45, 7) is 35.1. The van der Waals surface area contributed by atoms with Crippen molar-refractivity contribution in [3.63, 3.8) is 0 Å². The topological polar surface area (TPSA) is 218 Å². The molecule has 0 amide bonds. The van der Waals surface area contributed by atoms with Gasteiger partial charge in [0, 0.05) is 79.7 Å². The molecule has 5 aromatic rings. The molecule has 0 aromatic carbocycles. The van der Waals surface area contributed by atoms with Gasteiger partial charge in [0.15, 0.2) is 15.8 Å². The van der Waals surface area contributed by atoms with Crippen LogP contribution >= 0.6 is 67.6 Å². The van der Waals surface area contributed by atoms with Gasteiger partial charge in [-0.1, -0.05) is 0 Å². The second-order valence-electron chi connectivity index (χ2n) is 17.0. The van der Waals surface area contributed by atoms with Crippen LogP contribution in [0.2, 0.25) is 0 Å². The van der Waals surface area contributed by atoms with Crippen molar-refractivity contribution in [1.29, 1.82) is 0 Å². The summed E-state index contributed by atoms with van der Waals surface area (Å²) in [5.74, 6) is 0.286. The Hall–Kier alpha value is -2.97. The van der Waals surface area contributed by atoms with Crippen LogP contribution in [0.1, 0.15) is 149 Å². The number of aryl methyl sites for hydroxylation is 4. The van der Waals surface area contributed by atoms with Crippen molar-refractivity contribution in [3.05, 3.63) is 69.4 Å². The highest BCUT2D eigenvalue weighted by Gasteiger charge is 2.18. The van der Waals surface area contributed by atoms with E-state index in [2.05, 4.69) is 109 Å². The lowest BCUT2D eigenvalue weighted by molar-refractivity contribution is -0.115. The minimum absolute atomic E-state index is 0.0706. The number of ketones is 2. The molecule has 396 valence electrons. The maximum atomic E-state index is 10.9. The Morgan fingerprint density at radius 2 is 0.971 bits per heavy atom. The highest BCUT2D eigenvalue weighted by Crippen LogP contribution is 2.38. The summed E-state index contributed by atoms with van der Waals surface area (Å²) in [7, 11) is 1.13. The van der Waals surface area contributed by atoms with Gasteiger partial charge in [-0.3, -0.25) is 23.5 Å². The summed E-state index contributed by atoms with van der Waals surface area (Å²) in [6, 6.07) is 8.76. The van der Waals surface area contributed by atoms with Gasteiger partial charge in [0.2, 0.25) is 0 Å². The molecular weight excluding hydrogens is 1050 g/mol. The van der Waals surface area contributed by atoms with E-state index in [9.17, 15) is 26.4 Å². The number of carbonyl (C=O) groups excluding carboxylic acids is 2. The maximum Gasteiger partial charge on any atom is 0.280 e. The SMILES string of the molecule is CC(C)=O.CSC(=CC(C)=O)SC.CSc1cc(C)n(C(C)C)n1.Cc1c(SSc2cc(C)n(C(C)C)n2)ncn1C(C)C.Cc1cc(S(=O)(=O)Cl)nn1C(C)C.Cc1cc(S(N)(=O)=O)nn1C(C)C. The zero-order chi connectivity index (χ0) is 54.6. The van der Waals surface area contributed by atoms with Gasteiger partial charge in [-0.2, -0.15) is 20.4 Å². The van der Waals surface area contributed by atoms with Crippen LogP contribution in [0, 0.1) is 34.6 Å². The number of allylic oxidation sites excluding steroid dienone is 1. The molecule has 17 nitrogen and oxygen atoms in total. The summed E-state index contributed by atoms with van der Waals surface area (Å²) in [4.78, 5) is 24.4. The molecule has 0 saturated carbocycles. The van der Waals surface area contributed by atoms with Crippen LogP contribution in [0.3, 0.4) is 0 Å². The molecule has 0 spiro atoms. The van der Waals surface area contributed by atoms with E-state index in [1.165, 1.54) is 43.1 Å². The monoisotopic (exact) mass is 1130 g/mol. The number of primary sulfonamides is 1. The largest absolute Gasteiger partial charge is 0.331 e. The van der Waals surface area contributed by atoms with Crippen molar-refractivity contribution in [3.8, 4) is 0 Å². The number of imidazole rings is 1. The number of sulfonamides is 1. The van der Waals surface area contributed by atoms with E-state index in [1.54, 1.807) is 93.1 Å². The molecule has 5 heterocycles. The first-order chi connectivity index (χ1) is 32.1. The molecule has 70 heavy (non-hydrogen) atoms. The van der Waals surface area contributed by atoms with Gasteiger partial charge in [0.05, 0.1) is 6.33 Å². The van der Waals surface area contributed by atoms with Crippen LogP contribution in [0.25, 0.3) is 0 Å². The van der Waals surface area contributed by atoms with E-state index < -0.39 is 19.1 Å². The van der Waals surface area contributed by atoms with Gasteiger partial charge < -0.3 is 9.36 Å². The van der Waals surface area contributed by atoms with E-state index >= 15 is 0 Å². The van der Waals surface area contributed by atoms with Crippen molar-refractivity contribution in [2.45, 2.75) is 180 Å². The first kappa shape index (κ1) is 67.0. The number of hydrogen-bond donors (Lipinski definition) is 1. The third-order valence-corrected chi connectivity index (χ3v) is 15.7. The Morgan fingerprint density at radius 1 is 0.600 bits per heavy atom. The van der Waals surface area contributed by atoms with Gasteiger partial charge in [-0.15, -0.1) is 35.3 Å².